The Bertz CT molecular complexity index is 327. The van der Waals surface area contributed by atoms with Gasteiger partial charge in [0.1, 0.15) is 0 Å². The maximum absolute atomic E-state index is 11.8. The highest BCUT2D eigenvalue weighted by molar-refractivity contribution is 9.10. The van der Waals surface area contributed by atoms with E-state index in [1.807, 2.05) is 11.4 Å². The van der Waals surface area contributed by atoms with E-state index in [1.54, 1.807) is 7.11 Å². The van der Waals surface area contributed by atoms with Crippen LogP contribution in [-0.2, 0) is 4.74 Å². The predicted molar refractivity (Wildman–Crippen MR) is 65.4 cm³/mol. The molecule has 0 saturated carbocycles. The molecule has 15 heavy (non-hydrogen) atoms. The average molecular weight is 292 g/mol. The molecule has 0 aliphatic heterocycles. The van der Waals surface area contributed by atoms with Crippen molar-refractivity contribution < 1.29 is 9.53 Å². The van der Waals surface area contributed by atoms with Crippen LogP contribution in [0.4, 0.5) is 0 Å². The van der Waals surface area contributed by atoms with Gasteiger partial charge in [0.2, 0.25) is 0 Å². The lowest BCUT2D eigenvalue weighted by atomic mass is 10.1. The Morgan fingerprint density at radius 2 is 2.47 bits per heavy atom. The molecule has 0 aromatic carbocycles. The van der Waals surface area contributed by atoms with Crippen LogP contribution in [0.25, 0.3) is 0 Å². The summed E-state index contributed by atoms with van der Waals surface area (Å²) in [6.45, 7) is 0.645. The molecule has 1 atom stereocenters. The normalized spacial score (nSPS) is 12.7. The molecular formula is C10H14BrNO2S. The first-order valence-corrected chi connectivity index (χ1v) is 6.35. The summed E-state index contributed by atoms with van der Waals surface area (Å²) >= 11 is 4.74. The van der Waals surface area contributed by atoms with Crippen LogP contribution in [-0.4, -0.2) is 25.5 Å². The van der Waals surface area contributed by atoms with Crippen molar-refractivity contribution in [3.05, 3.63) is 20.8 Å². The molecular weight excluding hydrogens is 278 g/mol. The van der Waals surface area contributed by atoms with Crippen molar-refractivity contribution in [3.63, 3.8) is 0 Å². The summed E-state index contributed by atoms with van der Waals surface area (Å²) in [5.41, 5.74) is 5.80. The van der Waals surface area contributed by atoms with E-state index in [0.29, 0.717) is 17.9 Å². The zero-order chi connectivity index (χ0) is 11.3. The van der Waals surface area contributed by atoms with E-state index in [4.69, 9.17) is 10.5 Å². The first-order valence-electron chi connectivity index (χ1n) is 4.68. The molecule has 0 saturated heterocycles. The third kappa shape index (κ3) is 3.68. The van der Waals surface area contributed by atoms with Crippen LogP contribution in [0.1, 0.15) is 22.5 Å². The number of carbonyl (C=O) groups is 1. The van der Waals surface area contributed by atoms with E-state index < -0.39 is 6.04 Å². The highest BCUT2D eigenvalue weighted by atomic mass is 79.9. The van der Waals surface area contributed by atoms with E-state index in [0.717, 1.165) is 10.9 Å². The smallest absolute Gasteiger partial charge is 0.190 e. The Morgan fingerprint density at radius 3 is 3.00 bits per heavy atom. The largest absolute Gasteiger partial charge is 0.385 e. The van der Waals surface area contributed by atoms with Gasteiger partial charge in [-0.2, -0.15) is 0 Å². The number of methoxy groups -OCH3 is 1. The summed E-state index contributed by atoms with van der Waals surface area (Å²) < 4.78 is 5.75. The molecule has 5 heteroatoms. The van der Waals surface area contributed by atoms with Gasteiger partial charge in [0.25, 0.3) is 0 Å². The Kier molecular flexibility index (Phi) is 5.45. The standard InChI is InChI=1S/C10H14BrNO2S/c1-14-5-2-3-8(12)9(13)10-7(11)4-6-15-10/h4,6,8H,2-3,5,12H2,1H3. The molecule has 0 fully saturated rings. The van der Waals surface area contributed by atoms with Gasteiger partial charge in [-0.1, -0.05) is 0 Å². The summed E-state index contributed by atoms with van der Waals surface area (Å²) in [6, 6.07) is 1.44. The molecule has 0 radical (unpaired) electrons. The fraction of sp³-hybridized carbons (Fsp3) is 0.500. The highest BCUT2D eigenvalue weighted by Gasteiger charge is 2.18. The Hall–Kier alpha value is -0.230. The zero-order valence-electron chi connectivity index (χ0n) is 8.53. The molecule has 0 spiro atoms. The quantitative estimate of drug-likeness (QED) is 0.647. The Labute approximate surface area is 102 Å². The van der Waals surface area contributed by atoms with Gasteiger partial charge >= 0.3 is 0 Å². The Morgan fingerprint density at radius 1 is 1.73 bits per heavy atom. The van der Waals surface area contributed by atoms with Crippen molar-refractivity contribution in [1.29, 1.82) is 0 Å². The number of rotatable bonds is 6. The second-order valence-corrected chi connectivity index (χ2v) is 4.97. The van der Waals surface area contributed by atoms with Crippen molar-refractivity contribution in [1.82, 2.24) is 0 Å². The van der Waals surface area contributed by atoms with Crippen molar-refractivity contribution in [2.24, 2.45) is 5.73 Å². The summed E-state index contributed by atoms with van der Waals surface area (Å²) in [6.07, 6.45) is 1.48. The number of ether oxygens (including phenoxy) is 1. The van der Waals surface area contributed by atoms with E-state index in [9.17, 15) is 4.79 Å². The fourth-order valence-electron chi connectivity index (χ4n) is 1.22. The number of hydrogen-bond donors (Lipinski definition) is 1. The predicted octanol–water partition coefficient (Wildman–Crippen LogP) is 2.45. The number of nitrogens with two attached hydrogens (primary N) is 1. The van der Waals surface area contributed by atoms with Gasteiger partial charge in [-0.15, -0.1) is 11.3 Å². The van der Waals surface area contributed by atoms with Gasteiger partial charge in [0.15, 0.2) is 5.78 Å². The van der Waals surface area contributed by atoms with Crippen LogP contribution in [0.2, 0.25) is 0 Å². The van der Waals surface area contributed by atoms with Gasteiger partial charge in [-0.25, -0.2) is 0 Å². The molecule has 84 valence electrons. The first-order chi connectivity index (χ1) is 7.16. The number of ketones is 1. The monoisotopic (exact) mass is 291 g/mol. The van der Waals surface area contributed by atoms with Crippen LogP contribution in [0.3, 0.4) is 0 Å². The number of Topliss-reactive ketones (excluding diaryl/α,β-unsaturated/α-hetero) is 1. The first kappa shape index (κ1) is 12.8. The molecule has 1 rings (SSSR count). The molecule has 0 amide bonds. The molecule has 3 nitrogen and oxygen atoms in total. The van der Waals surface area contributed by atoms with Gasteiger partial charge in [0.05, 0.1) is 10.9 Å². The summed E-state index contributed by atoms with van der Waals surface area (Å²) in [7, 11) is 1.64. The van der Waals surface area contributed by atoms with E-state index >= 15 is 0 Å². The lowest BCUT2D eigenvalue weighted by Gasteiger charge is -2.08. The van der Waals surface area contributed by atoms with E-state index in [1.165, 1.54) is 11.3 Å². The van der Waals surface area contributed by atoms with Gasteiger partial charge < -0.3 is 10.5 Å². The lowest BCUT2D eigenvalue weighted by molar-refractivity contribution is 0.0954. The van der Waals surface area contributed by atoms with Crippen LogP contribution in [0.15, 0.2) is 15.9 Å². The minimum Gasteiger partial charge on any atom is -0.385 e. The maximum atomic E-state index is 11.8. The summed E-state index contributed by atoms with van der Waals surface area (Å²) in [4.78, 5) is 12.5. The second-order valence-electron chi connectivity index (χ2n) is 3.20. The second kappa shape index (κ2) is 6.37. The van der Waals surface area contributed by atoms with Crippen LogP contribution >= 0.6 is 27.3 Å². The summed E-state index contributed by atoms with van der Waals surface area (Å²) in [5.74, 6) is 0.00739. The Balaban J connectivity index is 2.50. The SMILES string of the molecule is COCCCC(N)C(=O)c1sccc1Br. The van der Waals surface area contributed by atoms with Crippen molar-refractivity contribution >= 4 is 33.0 Å². The molecule has 1 unspecified atom stereocenters. The van der Waals surface area contributed by atoms with Crippen LogP contribution < -0.4 is 5.73 Å². The topological polar surface area (TPSA) is 52.3 Å². The number of carbonyl (C=O) groups excluding carboxylic acids is 1. The van der Waals surface area contributed by atoms with Crippen molar-refractivity contribution in [3.8, 4) is 0 Å². The lowest BCUT2D eigenvalue weighted by Crippen LogP contribution is -2.30. The van der Waals surface area contributed by atoms with Crippen molar-refractivity contribution in [2.45, 2.75) is 18.9 Å². The van der Waals surface area contributed by atoms with Gasteiger partial charge in [0, 0.05) is 18.2 Å². The third-order valence-corrected chi connectivity index (χ3v) is 3.89. The molecule has 2 N–H and O–H groups in total. The number of thiophene rings is 1. The minimum atomic E-state index is -0.421. The van der Waals surface area contributed by atoms with Crippen LogP contribution in [0, 0.1) is 0 Å². The molecule has 1 aromatic rings. The fourth-order valence-corrected chi connectivity index (χ4v) is 2.79. The van der Waals surface area contributed by atoms with Gasteiger partial charge in [-0.3, -0.25) is 4.79 Å². The molecule has 1 aromatic heterocycles. The van der Waals surface area contributed by atoms with E-state index in [2.05, 4.69) is 15.9 Å². The number of hydrogen-bond acceptors (Lipinski definition) is 4. The number of halogens is 1. The molecule has 1 heterocycles. The zero-order valence-corrected chi connectivity index (χ0v) is 10.9. The summed E-state index contributed by atoms with van der Waals surface area (Å²) in [5, 5.41) is 1.87. The van der Waals surface area contributed by atoms with Crippen LogP contribution in [0.5, 0.6) is 0 Å². The molecule has 0 aliphatic rings. The third-order valence-electron chi connectivity index (χ3n) is 2.04. The minimum absolute atomic E-state index is 0.00739. The maximum Gasteiger partial charge on any atom is 0.190 e. The molecule has 0 aliphatic carbocycles. The molecule has 0 bridgehead atoms. The van der Waals surface area contributed by atoms with Gasteiger partial charge in [-0.05, 0) is 40.2 Å². The van der Waals surface area contributed by atoms with E-state index in [-0.39, 0.29) is 5.78 Å². The average Bonchev–Trinajstić information content (AvgIpc) is 2.63. The highest BCUT2D eigenvalue weighted by Crippen LogP contribution is 2.24. The van der Waals surface area contributed by atoms with Crippen molar-refractivity contribution in [2.75, 3.05) is 13.7 Å².